The number of imidazole rings is 1. The van der Waals surface area contributed by atoms with Crippen LogP contribution >= 0.6 is 0 Å². The molecule has 1 amide bonds. The minimum atomic E-state index is -0.00763. The third-order valence-electron chi connectivity index (χ3n) is 6.31. The number of anilines is 1. The first-order valence-electron chi connectivity index (χ1n) is 11.9. The van der Waals surface area contributed by atoms with E-state index in [1.807, 2.05) is 24.0 Å². The predicted molar refractivity (Wildman–Crippen MR) is 128 cm³/mol. The van der Waals surface area contributed by atoms with Crippen LogP contribution in [0.25, 0.3) is 11.0 Å². The highest BCUT2D eigenvalue weighted by Gasteiger charge is 2.30. The van der Waals surface area contributed by atoms with Crippen molar-refractivity contribution in [1.82, 2.24) is 24.4 Å². The van der Waals surface area contributed by atoms with Crippen LogP contribution in [0.1, 0.15) is 68.0 Å². The molecule has 3 heterocycles. The summed E-state index contributed by atoms with van der Waals surface area (Å²) in [5.74, 6) is 1.97. The van der Waals surface area contributed by atoms with Crippen LogP contribution in [0, 0.1) is 6.92 Å². The number of benzene rings is 1. The van der Waals surface area contributed by atoms with Crippen molar-refractivity contribution in [2.45, 2.75) is 59.4 Å². The average Bonchev–Trinajstić information content (AvgIpc) is 3.18. The van der Waals surface area contributed by atoms with Gasteiger partial charge in [-0.15, -0.1) is 0 Å². The van der Waals surface area contributed by atoms with Gasteiger partial charge in [-0.3, -0.25) is 4.79 Å². The summed E-state index contributed by atoms with van der Waals surface area (Å²) in [5, 5.41) is 0. The van der Waals surface area contributed by atoms with Crippen LogP contribution in [0.3, 0.4) is 0 Å². The van der Waals surface area contributed by atoms with Gasteiger partial charge in [-0.1, -0.05) is 19.1 Å². The minimum Gasteiger partial charge on any atom is -0.341 e. The first-order valence-corrected chi connectivity index (χ1v) is 11.9. The molecule has 0 radical (unpaired) electrons. The Balaban J connectivity index is 1.61. The molecule has 7 nitrogen and oxygen atoms in total. The first-order chi connectivity index (χ1) is 15.5. The van der Waals surface area contributed by atoms with Crippen molar-refractivity contribution in [2.24, 2.45) is 0 Å². The van der Waals surface area contributed by atoms with Crippen LogP contribution in [0.15, 0.2) is 30.3 Å². The molecular weight excluding hydrogens is 400 g/mol. The van der Waals surface area contributed by atoms with E-state index in [0.717, 1.165) is 62.5 Å². The number of carbonyl (C=O) groups excluding carboxylic acids is 1. The van der Waals surface area contributed by atoms with E-state index in [1.165, 1.54) is 5.52 Å². The number of amides is 1. The number of rotatable bonds is 7. The van der Waals surface area contributed by atoms with Crippen molar-refractivity contribution in [3.63, 3.8) is 0 Å². The number of piperidine rings is 1. The highest BCUT2D eigenvalue weighted by Crippen LogP contribution is 2.30. The Morgan fingerprint density at radius 2 is 1.91 bits per heavy atom. The third-order valence-corrected chi connectivity index (χ3v) is 6.31. The monoisotopic (exact) mass is 434 g/mol. The van der Waals surface area contributed by atoms with E-state index in [9.17, 15) is 4.79 Å². The Morgan fingerprint density at radius 3 is 2.66 bits per heavy atom. The molecule has 1 aliphatic heterocycles. The van der Waals surface area contributed by atoms with Gasteiger partial charge in [0.1, 0.15) is 11.5 Å². The molecule has 3 aromatic rings. The highest BCUT2D eigenvalue weighted by molar-refractivity contribution is 5.92. The standard InChI is InChI=1S/C25H34N6O/c1-5-14-31-22-13-9-8-12-20(22)27-23(31)19-11-10-15-30(17-19)24(32)21-16-18(4)26-25(28-21)29(6-2)7-3/h8-9,12-13,16,19H,5-7,10-11,14-15,17H2,1-4H3. The lowest BCUT2D eigenvalue weighted by Crippen LogP contribution is -2.40. The van der Waals surface area contributed by atoms with Crippen molar-refractivity contribution < 1.29 is 4.79 Å². The maximum Gasteiger partial charge on any atom is 0.272 e. The Morgan fingerprint density at radius 1 is 1.12 bits per heavy atom. The molecule has 7 heteroatoms. The van der Waals surface area contributed by atoms with E-state index in [-0.39, 0.29) is 11.8 Å². The average molecular weight is 435 g/mol. The predicted octanol–water partition coefficient (Wildman–Crippen LogP) is 4.41. The van der Waals surface area contributed by atoms with Gasteiger partial charge in [0.05, 0.1) is 11.0 Å². The van der Waals surface area contributed by atoms with Crippen molar-refractivity contribution in [1.29, 1.82) is 0 Å². The molecule has 0 spiro atoms. The lowest BCUT2D eigenvalue weighted by Gasteiger charge is -2.32. The number of aryl methyl sites for hydroxylation is 2. The number of fused-ring (bicyclic) bond motifs is 1. The molecular formula is C25H34N6O. The zero-order valence-corrected chi connectivity index (χ0v) is 19.7. The smallest absolute Gasteiger partial charge is 0.272 e. The van der Waals surface area contributed by atoms with Gasteiger partial charge < -0.3 is 14.4 Å². The molecule has 0 bridgehead atoms. The van der Waals surface area contributed by atoms with Gasteiger partial charge >= 0.3 is 0 Å². The summed E-state index contributed by atoms with van der Waals surface area (Å²) < 4.78 is 2.35. The van der Waals surface area contributed by atoms with Gasteiger partial charge in [0.2, 0.25) is 5.95 Å². The fraction of sp³-hybridized carbons (Fsp3) is 0.520. The Labute approximate surface area is 190 Å². The zero-order chi connectivity index (χ0) is 22.7. The summed E-state index contributed by atoms with van der Waals surface area (Å²) in [7, 11) is 0. The zero-order valence-electron chi connectivity index (χ0n) is 19.7. The van der Waals surface area contributed by atoms with Crippen LogP contribution in [-0.2, 0) is 6.54 Å². The molecule has 0 N–H and O–H groups in total. The SMILES string of the molecule is CCCn1c(C2CCCN(C(=O)c3cc(C)nc(N(CC)CC)n3)C2)nc2ccccc21. The van der Waals surface area contributed by atoms with Gasteiger partial charge in [-0.2, -0.15) is 0 Å². The molecule has 32 heavy (non-hydrogen) atoms. The van der Waals surface area contributed by atoms with E-state index < -0.39 is 0 Å². The molecule has 1 aromatic carbocycles. The summed E-state index contributed by atoms with van der Waals surface area (Å²) in [6, 6.07) is 10.1. The van der Waals surface area contributed by atoms with Crippen LogP contribution in [0.5, 0.6) is 0 Å². The molecule has 0 saturated carbocycles. The summed E-state index contributed by atoms with van der Waals surface area (Å²) >= 11 is 0. The lowest BCUT2D eigenvalue weighted by atomic mass is 9.96. The second kappa shape index (κ2) is 9.67. The summed E-state index contributed by atoms with van der Waals surface area (Å²) in [4.78, 5) is 31.7. The number of para-hydroxylation sites is 2. The number of hydrogen-bond acceptors (Lipinski definition) is 5. The van der Waals surface area contributed by atoms with Gasteiger partial charge in [0, 0.05) is 44.3 Å². The third kappa shape index (κ3) is 4.33. The molecule has 4 rings (SSSR count). The fourth-order valence-corrected chi connectivity index (χ4v) is 4.71. The van der Waals surface area contributed by atoms with E-state index in [1.54, 1.807) is 0 Å². The Hall–Kier alpha value is -2.96. The summed E-state index contributed by atoms with van der Waals surface area (Å²) in [5.41, 5.74) is 3.53. The molecule has 1 aliphatic rings. The number of aromatic nitrogens is 4. The van der Waals surface area contributed by atoms with Crippen LogP contribution in [0.4, 0.5) is 5.95 Å². The maximum absolute atomic E-state index is 13.5. The number of likely N-dealkylation sites (tertiary alicyclic amines) is 1. The Bertz CT molecular complexity index is 1090. The lowest BCUT2D eigenvalue weighted by molar-refractivity contribution is 0.0697. The van der Waals surface area contributed by atoms with Gasteiger partial charge in [-0.25, -0.2) is 15.0 Å². The Kier molecular flexibility index (Phi) is 6.72. The normalized spacial score (nSPS) is 16.5. The van der Waals surface area contributed by atoms with E-state index in [0.29, 0.717) is 18.2 Å². The van der Waals surface area contributed by atoms with Crippen molar-refractivity contribution in [3.05, 3.63) is 47.5 Å². The largest absolute Gasteiger partial charge is 0.341 e. The van der Waals surface area contributed by atoms with Crippen LogP contribution < -0.4 is 4.90 Å². The number of nitrogens with zero attached hydrogens (tertiary/aromatic N) is 6. The molecule has 1 atom stereocenters. The first kappa shape index (κ1) is 22.2. The molecule has 0 aliphatic carbocycles. The van der Waals surface area contributed by atoms with Crippen LogP contribution in [0.2, 0.25) is 0 Å². The molecule has 1 saturated heterocycles. The number of hydrogen-bond donors (Lipinski definition) is 0. The van der Waals surface area contributed by atoms with Crippen LogP contribution in [-0.4, -0.2) is 56.5 Å². The van der Waals surface area contributed by atoms with Crippen molar-refractivity contribution >= 4 is 22.9 Å². The summed E-state index contributed by atoms with van der Waals surface area (Å²) in [6.07, 6.45) is 3.07. The molecule has 1 fully saturated rings. The molecule has 170 valence electrons. The van der Waals surface area contributed by atoms with Gasteiger partial charge in [0.25, 0.3) is 5.91 Å². The second-order valence-electron chi connectivity index (χ2n) is 8.57. The van der Waals surface area contributed by atoms with E-state index >= 15 is 0 Å². The topological polar surface area (TPSA) is 67.2 Å². The maximum atomic E-state index is 13.5. The summed E-state index contributed by atoms with van der Waals surface area (Å²) in [6.45, 7) is 12.3. The number of carbonyl (C=O) groups is 1. The van der Waals surface area contributed by atoms with Crippen molar-refractivity contribution in [3.8, 4) is 0 Å². The van der Waals surface area contributed by atoms with E-state index in [2.05, 4.69) is 58.4 Å². The fourth-order valence-electron chi connectivity index (χ4n) is 4.71. The minimum absolute atomic E-state index is 0.00763. The van der Waals surface area contributed by atoms with Crippen molar-refractivity contribution in [2.75, 3.05) is 31.1 Å². The van der Waals surface area contributed by atoms with Gasteiger partial charge in [0.15, 0.2) is 0 Å². The van der Waals surface area contributed by atoms with E-state index in [4.69, 9.17) is 4.98 Å². The molecule has 1 unspecified atom stereocenters. The quantitative estimate of drug-likeness (QED) is 0.551. The second-order valence-corrected chi connectivity index (χ2v) is 8.57. The highest BCUT2D eigenvalue weighted by atomic mass is 16.2. The molecule has 2 aromatic heterocycles. The van der Waals surface area contributed by atoms with Gasteiger partial charge in [-0.05, 0) is 58.2 Å².